The standard InChI is InChI=1S/C19H23FN4O3/c1-21-19(22-11-13-4-9-16(26-2)17(10-13)27-3)23-12-18(25)24-15-7-5-14(20)6-8-15/h4-10H,11-12H2,1-3H3,(H,24,25)(H2,21,22,23). The van der Waals surface area contributed by atoms with E-state index in [1.54, 1.807) is 21.3 Å². The van der Waals surface area contributed by atoms with Crippen LogP contribution in [-0.4, -0.2) is 39.7 Å². The highest BCUT2D eigenvalue weighted by atomic mass is 19.1. The van der Waals surface area contributed by atoms with Gasteiger partial charge in [-0.3, -0.25) is 9.79 Å². The maximum atomic E-state index is 12.9. The number of ether oxygens (including phenoxy) is 2. The zero-order valence-corrected chi connectivity index (χ0v) is 15.5. The van der Waals surface area contributed by atoms with Crippen LogP contribution >= 0.6 is 0 Å². The summed E-state index contributed by atoms with van der Waals surface area (Å²) in [5.74, 6) is 1.14. The monoisotopic (exact) mass is 374 g/mol. The molecule has 2 aromatic rings. The maximum Gasteiger partial charge on any atom is 0.243 e. The number of benzene rings is 2. The van der Waals surface area contributed by atoms with E-state index in [4.69, 9.17) is 9.47 Å². The molecule has 0 fully saturated rings. The molecule has 0 heterocycles. The second kappa shape index (κ2) is 10.0. The van der Waals surface area contributed by atoms with Crippen LogP contribution in [0.4, 0.5) is 10.1 Å². The first-order chi connectivity index (χ1) is 13.0. The van der Waals surface area contributed by atoms with Crippen LogP contribution in [0.2, 0.25) is 0 Å². The van der Waals surface area contributed by atoms with Crippen molar-refractivity contribution in [2.75, 3.05) is 33.1 Å². The van der Waals surface area contributed by atoms with E-state index >= 15 is 0 Å². The first kappa shape index (κ1) is 20.0. The number of guanidine groups is 1. The summed E-state index contributed by atoms with van der Waals surface area (Å²) in [6, 6.07) is 11.2. The van der Waals surface area contributed by atoms with Crippen molar-refractivity contribution >= 4 is 17.6 Å². The zero-order chi connectivity index (χ0) is 19.6. The Labute approximate surface area is 157 Å². The number of hydrogen-bond donors (Lipinski definition) is 3. The normalized spacial score (nSPS) is 10.9. The molecule has 0 radical (unpaired) electrons. The number of carbonyl (C=O) groups is 1. The van der Waals surface area contributed by atoms with Crippen LogP contribution in [0.15, 0.2) is 47.5 Å². The first-order valence-electron chi connectivity index (χ1n) is 8.26. The van der Waals surface area contributed by atoms with Gasteiger partial charge in [0.2, 0.25) is 5.91 Å². The second-order valence-electron chi connectivity index (χ2n) is 5.52. The number of halogens is 1. The van der Waals surface area contributed by atoms with Gasteiger partial charge < -0.3 is 25.4 Å². The van der Waals surface area contributed by atoms with E-state index in [9.17, 15) is 9.18 Å². The van der Waals surface area contributed by atoms with Crippen molar-refractivity contribution in [2.24, 2.45) is 4.99 Å². The third-order valence-corrected chi connectivity index (χ3v) is 3.68. The maximum absolute atomic E-state index is 12.9. The van der Waals surface area contributed by atoms with E-state index in [0.29, 0.717) is 29.7 Å². The number of nitrogens with zero attached hydrogens (tertiary/aromatic N) is 1. The number of aliphatic imine (C=N–C) groups is 1. The average Bonchev–Trinajstić information content (AvgIpc) is 2.69. The summed E-state index contributed by atoms with van der Waals surface area (Å²) < 4.78 is 23.4. The van der Waals surface area contributed by atoms with Crippen LogP contribution in [0, 0.1) is 5.82 Å². The number of anilines is 1. The molecule has 0 unspecified atom stereocenters. The molecule has 7 nitrogen and oxygen atoms in total. The summed E-state index contributed by atoms with van der Waals surface area (Å²) in [5.41, 5.74) is 1.49. The molecule has 1 amide bonds. The zero-order valence-electron chi connectivity index (χ0n) is 15.5. The van der Waals surface area contributed by atoms with Gasteiger partial charge >= 0.3 is 0 Å². The molecular weight excluding hydrogens is 351 g/mol. The minimum Gasteiger partial charge on any atom is -0.493 e. The Morgan fingerprint density at radius 3 is 2.37 bits per heavy atom. The molecule has 0 aliphatic carbocycles. The van der Waals surface area contributed by atoms with Crippen LogP contribution in [0.1, 0.15) is 5.56 Å². The molecule has 3 N–H and O–H groups in total. The lowest BCUT2D eigenvalue weighted by Crippen LogP contribution is -2.41. The van der Waals surface area contributed by atoms with Gasteiger partial charge in [-0.2, -0.15) is 0 Å². The van der Waals surface area contributed by atoms with Gasteiger partial charge in [0.25, 0.3) is 0 Å². The summed E-state index contributed by atoms with van der Waals surface area (Å²) in [5, 5.41) is 8.70. The fourth-order valence-electron chi connectivity index (χ4n) is 2.30. The SMILES string of the molecule is CN=C(NCC(=O)Nc1ccc(F)cc1)NCc1ccc(OC)c(OC)c1. The molecule has 2 rings (SSSR count). The molecule has 0 aromatic heterocycles. The Hall–Kier alpha value is -3.29. The highest BCUT2D eigenvalue weighted by Crippen LogP contribution is 2.27. The topological polar surface area (TPSA) is 84.0 Å². The van der Waals surface area contributed by atoms with E-state index < -0.39 is 0 Å². The van der Waals surface area contributed by atoms with Crippen molar-refractivity contribution in [3.63, 3.8) is 0 Å². The number of nitrogens with one attached hydrogen (secondary N) is 3. The van der Waals surface area contributed by atoms with Gasteiger partial charge in [-0.25, -0.2) is 4.39 Å². The van der Waals surface area contributed by atoms with Crippen molar-refractivity contribution in [2.45, 2.75) is 6.54 Å². The molecule has 0 spiro atoms. The molecule has 144 valence electrons. The quantitative estimate of drug-likeness (QED) is 0.511. The van der Waals surface area contributed by atoms with Gasteiger partial charge in [0.05, 0.1) is 20.8 Å². The largest absolute Gasteiger partial charge is 0.493 e. The molecule has 0 saturated carbocycles. The van der Waals surface area contributed by atoms with E-state index in [2.05, 4.69) is 20.9 Å². The highest BCUT2D eigenvalue weighted by molar-refractivity contribution is 5.94. The molecule has 2 aromatic carbocycles. The summed E-state index contributed by atoms with van der Waals surface area (Å²) in [7, 11) is 4.77. The number of carbonyl (C=O) groups excluding carboxylic acids is 1. The third-order valence-electron chi connectivity index (χ3n) is 3.68. The van der Waals surface area contributed by atoms with Crippen molar-refractivity contribution in [3.05, 3.63) is 53.8 Å². The predicted molar refractivity (Wildman–Crippen MR) is 103 cm³/mol. The molecular formula is C19H23FN4O3. The molecule has 27 heavy (non-hydrogen) atoms. The lowest BCUT2D eigenvalue weighted by Gasteiger charge is -2.13. The molecule has 0 aliphatic rings. The van der Waals surface area contributed by atoms with Gasteiger partial charge in [-0.1, -0.05) is 6.07 Å². The van der Waals surface area contributed by atoms with Crippen LogP contribution < -0.4 is 25.4 Å². The van der Waals surface area contributed by atoms with Gasteiger partial charge in [0, 0.05) is 19.3 Å². The van der Waals surface area contributed by atoms with Crippen LogP contribution in [0.3, 0.4) is 0 Å². The number of rotatable bonds is 7. The Kier molecular flexibility index (Phi) is 7.42. The Bertz CT molecular complexity index is 794. The summed E-state index contributed by atoms with van der Waals surface area (Å²) in [6.45, 7) is 0.503. The van der Waals surface area contributed by atoms with Gasteiger partial charge in [0.1, 0.15) is 5.82 Å². The average molecular weight is 374 g/mol. The molecule has 0 aliphatic heterocycles. The van der Waals surface area contributed by atoms with Crippen LogP contribution in [0.25, 0.3) is 0 Å². The van der Waals surface area contributed by atoms with E-state index in [0.717, 1.165) is 5.56 Å². The second-order valence-corrected chi connectivity index (χ2v) is 5.52. The number of hydrogen-bond acceptors (Lipinski definition) is 4. The van der Waals surface area contributed by atoms with Crippen molar-refractivity contribution < 1.29 is 18.7 Å². The summed E-state index contributed by atoms with van der Waals surface area (Å²) in [4.78, 5) is 16.0. The van der Waals surface area contributed by atoms with Gasteiger partial charge in [0.15, 0.2) is 17.5 Å². The van der Waals surface area contributed by atoms with Crippen LogP contribution in [-0.2, 0) is 11.3 Å². The van der Waals surface area contributed by atoms with Crippen molar-refractivity contribution in [3.8, 4) is 11.5 Å². The third kappa shape index (κ3) is 6.18. The Morgan fingerprint density at radius 1 is 1.04 bits per heavy atom. The van der Waals surface area contributed by atoms with E-state index in [1.165, 1.54) is 24.3 Å². The number of amides is 1. The number of methoxy groups -OCH3 is 2. The molecule has 0 atom stereocenters. The Balaban J connectivity index is 1.83. The van der Waals surface area contributed by atoms with Gasteiger partial charge in [-0.05, 0) is 42.0 Å². The van der Waals surface area contributed by atoms with Crippen molar-refractivity contribution in [1.82, 2.24) is 10.6 Å². The smallest absolute Gasteiger partial charge is 0.243 e. The van der Waals surface area contributed by atoms with Crippen molar-refractivity contribution in [1.29, 1.82) is 0 Å². The molecule has 0 bridgehead atoms. The van der Waals surface area contributed by atoms with E-state index in [1.807, 2.05) is 18.2 Å². The fourth-order valence-corrected chi connectivity index (χ4v) is 2.30. The van der Waals surface area contributed by atoms with Gasteiger partial charge in [-0.15, -0.1) is 0 Å². The minimum absolute atomic E-state index is 0.0168. The highest BCUT2D eigenvalue weighted by Gasteiger charge is 2.07. The lowest BCUT2D eigenvalue weighted by molar-refractivity contribution is -0.115. The first-order valence-corrected chi connectivity index (χ1v) is 8.26. The molecule has 0 saturated heterocycles. The van der Waals surface area contributed by atoms with E-state index in [-0.39, 0.29) is 18.3 Å². The summed E-state index contributed by atoms with van der Waals surface area (Å²) in [6.07, 6.45) is 0. The lowest BCUT2D eigenvalue weighted by atomic mass is 10.2. The minimum atomic E-state index is -0.356. The molecule has 8 heteroatoms. The summed E-state index contributed by atoms with van der Waals surface area (Å²) >= 11 is 0. The Morgan fingerprint density at radius 2 is 1.74 bits per heavy atom. The van der Waals surface area contributed by atoms with Crippen LogP contribution in [0.5, 0.6) is 11.5 Å². The predicted octanol–water partition coefficient (Wildman–Crippen LogP) is 2.15. The fraction of sp³-hybridized carbons (Fsp3) is 0.263.